The van der Waals surface area contributed by atoms with Crippen molar-refractivity contribution in [1.82, 2.24) is 15.3 Å². The normalized spacial score (nSPS) is 10.4. The number of nitrogens with zero attached hydrogens (tertiary/aromatic N) is 1. The number of nitrogens with one attached hydrogen (secondary N) is 2. The highest BCUT2D eigenvalue weighted by Gasteiger charge is 2.06. The molecule has 1 aromatic carbocycles. The maximum absolute atomic E-state index is 11.9. The van der Waals surface area contributed by atoms with E-state index < -0.39 is 0 Å². The van der Waals surface area contributed by atoms with Gasteiger partial charge in [-0.3, -0.25) is 4.79 Å². The van der Waals surface area contributed by atoms with Gasteiger partial charge in [-0.1, -0.05) is 24.3 Å². The van der Waals surface area contributed by atoms with Crippen LogP contribution >= 0.6 is 0 Å². The molecular weight excluding hydrogens is 252 g/mol. The van der Waals surface area contributed by atoms with Crippen LogP contribution < -0.4 is 11.1 Å². The number of nitrogens with two attached hydrogens (primary N) is 1. The highest BCUT2D eigenvalue weighted by atomic mass is 16.1. The smallest absolute Gasteiger partial charge is 0.224 e. The highest BCUT2D eigenvalue weighted by Crippen LogP contribution is 2.08. The van der Waals surface area contributed by atoms with Crippen LogP contribution in [-0.4, -0.2) is 22.4 Å². The molecule has 4 N–H and O–H groups in total. The fourth-order valence-electron chi connectivity index (χ4n) is 2.08. The van der Waals surface area contributed by atoms with Gasteiger partial charge < -0.3 is 16.0 Å². The Labute approximate surface area is 118 Å². The third-order valence-electron chi connectivity index (χ3n) is 3.16. The number of rotatable bonds is 7. The van der Waals surface area contributed by atoms with Crippen LogP contribution in [0.15, 0.2) is 36.7 Å². The predicted octanol–water partition coefficient (Wildman–Crippen LogP) is 1.16. The lowest BCUT2D eigenvalue weighted by Gasteiger charge is -2.08. The van der Waals surface area contributed by atoms with Crippen LogP contribution in [0, 0.1) is 0 Å². The molecule has 0 unspecified atom stereocenters. The molecule has 0 atom stereocenters. The topological polar surface area (TPSA) is 83.8 Å². The second kappa shape index (κ2) is 7.45. The van der Waals surface area contributed by atoms with Gasteiger partial charge in [0.2, 0.25) is 5.91 Å². The Morgan fingerprint density at radius 2 is 2.10 bits per heavy atom. The number of carbonyl (C=O) groups excluding carboxylic acids is 1. The van der Waals surface area contributed by atoms with Gasteiger partial charge in [0.15, 0.2) is 0 Å². The molecule has 0 aliphatic rings. The van der Waals surface area contributed by atoms with Crippen LogP contribution in [-0.2, 0) is 24.2 Å². The van der Waals surface area contributed by atoms with Gasteiger partial charge in [-0.25, -0.2) is 4.98 Å². The van der Waals surface area contributed by atoms with Crippen LogP contribution in [0.1, 0.15) is 23.4 Å². The van der Waals surface area contributed by atoms with E-state index in [4.69, 9.17) is 5.73 Å². The Kier molecular flexibility index (Phi) is 5.32. The molecule has 0 aliphatic heterocycles. The van der Waals surface area contributed by atoms with Crippen molar-refractivity contribution in [2.24, 2.45) is 5.73 Å². The van der Waals surface area contributed by atoms with Gasteiger partial charge >= 0.3 is 0 Å². The van der Waals surface area contributed by atoms with Crippen molar-refractivity contribution in [3.8, 4) is 0 Å². The van der Waals surface area contributed by atoms with Crippen molar-refractivity contribution in [1.29, 1.82) is 0 Å². The summed E-state index contributed by atoms with van der Waals surface area (Å²) in [5.74, 6) is 0.984. The van der Waals surface area contributed by atoms with Crippen LogP contribution in [0.4, 0.5) is 0 Å². The summed E-state index contributed by atoms with van der Waals surface area (Å²) in [5, 5.41) is 2.92. The van der Waals surface area contributed by atoms with Gasteiger partial charge in [0.25, 0.3) is 0 Å². The first kappa shape index (κ1) is 14.3. The molecule has 1 amide bonds. The Morgan fingerprint density at radius 1 is 1.30 bits per heavy atom. The number of H-pyrrole nitrogens is 1. The summed E-state index contributed by atoms with van der Waals surface area (Å²) in [6.07, 6.45) is 5.63. The molecule has 0 spiro atoms. The molecule has 5 nitrogen and oxygen atoms in total. The minimum Gasteiger partial charge on any atom is -0.356 e. The summed E-state index contributed by atoms with van der Waals surface area (Å²) in [4.78, 5) is 19.1. The van der Waals surface area contributed by atoms with E-state index in [0.717, 1.165) is 29.8 Å². The van der Waals surface area contributed by atoms with Crippen molar-refractivity contribution < 1.29 is 4.79 Å². The fourth-order valence-corrected chi connectivity index (χ4v) is 2.08. The zero-order chi connectivity index (χ0) is 14.2. The van der Waals surface area contributed by atoms with Crippen molar-refractivity contribution in [3.05, 3.63) is 53.6 Å². The van der Waals surface area contributed by atoms with Gasteiger partial charge in [-0.2, -0.15) is 0 Å². The number of hydrogen-bond acceptors (Lipinski definition) is 3. The quantitative estimate of drug-likeness (QED) is 0.661. The molecule has 0 radical (unpaired) electrons. The van der Waals surface area contributed by atoms with E-state index in [1.54, 1.807) is 12.4 Å². The van der Waals surface area contributed by atoms with Gasteiger partial charge in [-0.05, 0) is 17.5 Å². The Morgan fingerprint density at radius 3 is 2.80 bits per heavy atom. The summed E-state index contributed by atoms with van der Waals surface area (Å²) in [7, 11) is 0. The van der Waals surface area contributed by atoms with Gasteiger partial charge in [0.05, 0.1) is 6.42 Å². The summed E-state index contributed by atoms with van der Waals surface area (Å²) in [6.45, 7) is 1.12. The molecule has 0 fully saturated rings. The highest BCUT2D eigenvalue weighted by molar-refractivity contribution is 5.78. The summed E-state index contributed by atoms with van der Waals surface area (Å²) < 4.78 is 0. The van der Waals surface area contributed by atoms with E-state index in [2.05, 4.69) is 15.3 Å². The maximum atomic E-state index is 11.9. The van der Waals surface area contributed by atoms with Crippen molar-refractivity contribution in [2.75, 3.05) is 6.54 Å². The molecule has 5 heteroatoms. The van der Waals surface area contributed by atoms with Gasteiger partial charge in [0.1, 0.15) is 5.82 Å². The number of aromatic nitrogens is 2. The van der Waals surface area contributed by atoms with E-state index in [-0.39, 0.29) is 5.91 Å². The van der Waals surface area contributed by atoms with E-state index in [1.807, 2.05) is 24.3 Å². The summed E-state index contributed by atoms with van der Waals surface area (Å²) >= 11 is 0. The third kappa shape index (κ3) is 4.20. The average Bonchev–Trinajstić information content (AvgIpc) is 2.97. The van der Waals surface area contributed by atoms with Crippen molar-refractivity contribution in [3.63, 3.8) is 0 Å². The number of amides is 1. The maximum Gasteiger partial charge on any atom is 0.224 e. The lowest BCUT2D eigenvalue weighted by Crippen LogP contribution is -2.27. The lowest BCUT2D eigenvalue weighted by molar-refractivity contribution is -0.120. The van der Waals surface area contributed by atoms with Crippen LogP contribution in [0.3, 0.4) is 0 Å². The monoisotopic (exact) mass is 272 g/mol. The van der Waals surface area contributed by atoms with Gasteiger partial charge in [0, 0.05) is 31.9 Å². The van der Waals surface area contributed by atoms with E-state index in [9.17, 15) is 4.79 Å². The lowest BCUT2D eigenvalue weighted by atomic mass is 10.0. The molecule has 2 rings (SSSR count). The number of benzene rings is 1. The number of hydrogen-bond donors (Lipinski definition) is 3. The predicted molar refractivity (Wildman–Crippen MR) is 78.0 cm³/mol. The largest absolute Gasteiger partial charge is 0.356 e. The minimum atomic E-state index is 0.0327. The van der Waals surface area contributed by atoms with Crippen molar-refractivity contribution in [2.45, 2.75) is 25.8 Å². The van der Waals surface area contributed by atoms with E-state index >= 15 is 0 Å². The number of imidazole rings is 1. The second-order valence-electron chi connectivity index (χ2n) is 4.64. The molecule has 1 heterocycles. The van der Waals surface area contributed by atoms with Crippen LogP contribution in [0.5, 0.6) is 0 Å². The number of aromatic amines is 1. The van der Waals surface area contributed by atoms with Crippen LogP contribution in [0.25, 0.3) is 0 Å². The molecule has 20 heavy (non-hydrogen) atoms. The molecule has 2 aromatic rings. The molecule has 0 bridgehead atoms. The molecular formula is C15H20N4O. The first-order chi connectivity index (χ1) is 9.79. The number of carbonyl (C=O) groups is 1. The minimum absolute atomic E-state index is 0.0327. The zero-order valence-corrected chi connectivity index (χ0v) is 11.4. The van der Waals surface area contributed by atoms with Gasteiger partial charge in [-0.15, -0.1) is 0 Å². The Bertz CT molecular complexity index is 537. The summed E-state index contributed by atoms with van der Waals surface area (Å²) in [5.41, 5.74) is 7.68. The zero-order valence-electron chi connectivity index (χ0n) is 11.4. The average molecular weight is 272 g/mol. The molecule has 0 aliphatic carbocycles. The Balaban J connectivity index is 1.72. The first-order valence-corrected chi connectivity index (χ1v) is 6.81. The number of aryl methyl sites for hydroxylation is 1. The van der Waals surface area contributed by atoms with Crippen LogP contribution in [0.2, 0.25) is 0 Å². The molecule has 0 saturated carbocycles. The molecule has 1 aromatic heterocycles. The molecule has 106 valence electrons. The fraction of sp³-hybridized carbons (Fsp3) is 0.333. The van der Waals surface area contributed by atoms with Crippen molar-refractivity contribution >= 4 is 5.91 Å². The molecule has 0 saturated heterocycles. The standard InChI is InChI=1S/C15H20N4O/c16-11-13-5-2-1-4-12(13)10-15(20)19-7-3-6-14-17-8-9-18-14/h1-2,4-5,8-9H,3,6-7,10-11,16H2,(H,17,18)(H,19,20). The van der Waals surface area contributed by atoms with E-state index in [0.29, 0.717) is 19.5 Å². The summed E-state index contributed by atoms with van der Waals surface area (Å²) in [6, 6.07) is 7.77. The Hall–Kier alpha value is -2.14. The second-order valence-corrected chi connectivity index (χ2v) is 4.64. The first-order valence-electron chi connectivity index (χ1n) is 6.81. The van der Waals surface area contributed by atoms with E-state index in [1.165, 1.54) is 0 Å². The third-order valence-corrected chi connectivity index (χ3v) is 3.16. The SMILES string of the molecule is NCc1ccccc1CC(=O)NCCCc1ncc[nH]1.